The van der Waals surface area contributed by atoms with Crippen LogP contribution in [0.2, 0.25) is 0 Å². The molecule has 2 unspecified atom stereocenters. The van der Waals surface area contributed by atoms with Crippen LogP contribution in [-0.4, -0.2) is 36.7 Å². The van der Waals surface area contributed by atoms with Crippen LogP contribution in [-0.2, 0) is 9.53 Å². The summed E-state index contributed by atoms with van der Waals surface area (Å²) in [6.45, 7) is 2.08. The highest BCUT2D eigenvalue weighted by molar-refractivity contribution is 8.00. The Labute approximate surface area is 124 Å². The van der Waals surface area contributed by atoms with Crippen molar-refractivity contribution in [2.45, 2.75) is 30.6 Å². The highest BCUT2D eigenvalue weighted by atomic mass is 32.2. The first-order valence-corrected chi connectivity index (χ1v) is 7.79. The number of carbonyl (C=O) groups is 1. The summed E-state index contributed by atoms with van der Waals surface area (Å²) in [6, 6.07) is 7.64. The Morgan fingerprint density at radius 2 is 2.25 bits per heavy atom. The van der Waals surface area contributed by atoms with Crippen LogP contribution < -0.4 is 10.1 Å². The van der Waals surface area contributed by atoms with Gasteiger partial charge in [-0.25, -0.2) is 4.79 Å². The van der Waals surface area contributed by atoms with E-state index >= 15 is 0 Å². The molecule has 0 amide bonds. The van der Waals surface area contributed by atoms with Crippen molar-refractivity contribution in [3.8, 4) is 5.75 Å². The van der Waals surface area contributed by atoms with Gasteiger partial charge in [-0.05, 0) is 30.7 Å². The smallest absolute Gasteiger partial charge is 0.332 e. The van der Waals surface area contributed by atoms with E-state index in [2.05, 4.69) is 12.2 Å². The number of benzene rings is 1. The maximum absolute atomic E-state index is 12.3. The monoisotopic (exact) mass is 295 g/mol. The third-order valence-corrected chi connectivity index (χ3v) is 5.19. The predicted octanol–water partition coefficient (Wildman–Crippen LogP) is 2.93. The van der Waals surface area contributed by atoms with E-state index in [0.29, 0.717) is 0 Å². The first kappa shape index (κ1) is 15.0. The molecule has 0 aromatic heterocycles. The van der Waals surface area contributed by atoms with Gasteiger partial charge in [-0.1, -0.05) is 13.0 Å². The molecule has 1 saturated heterocycles. The van der Waals surface area contributed by atoms with Crippen LogP contribution in [0.4, 0.5) is 5.69 Å². The predicted molar refractivity (Wildman–Crippen MR) is 82.5 cm³/mol. The van der Waals surface area contributed by atoms with Gasteiger partial charge in [0, 0.05) is 17.0 Å². The summed E-state index contributed by atoms with van der Waals surface area (Å²) >= 11 is 1.80. The third kappa shape index (κ3) is 2.87. The maximum Gasteiger partial charge on any atom is 0.332 e. The van der Waals surface area contributed by atoms with Crippen molar-refractivity contribution in [2.75, 3.05) is 25.3 Å². The molecule has 4 nitrogen and oxygen atoms in total. The first-order chi connectivity index (χ1) is 9.62. The molecule has 0 aliphatic carbocycles. The Bertz CT molecular complexity index is 480. The number of hydrogen-bond acceptors (Lipinski definition) is 5. The average molecular weight is 295 g/mol. The van der Waals surface area contributed by atoms with Gasteiger partial charge in [-0.2, -0.15) is 11.8 Å². The van der Waals surface area contributed by atoms with Gasteiger partial charge in [0.2, 0.25) is 0 Å². The molecule has 0 bridgehead atoms. The van der Waals surface area contributed by atoms with Gasteiger partial charge in [0.15, 0.2) is 0 Å². The molecule has 0 spiro atoms. The van der Waals surface area contributed by atoms with E-state index in [1.54, 1.807) is 18.9 Å². The Kier molecular flexibility index (Phi) is 4.81. The number of methoxy groups -OCH3 is 2. The van der Waals surface area contributed by atoms with Gasteiger partial charge in [-0.3, -0.25) is 0 Å². The summed E-state index contributed by atoms with van der Waals surface area (Å²) in [5.41, 5.74) is 0.216. The van der Waals surface area contributed by atoms with Crippen molar-refractivity contribution in [2.24, 2.45) is 0 Å². The molecule has 2 rings (SSSR count). The highest BCUT2D eigenvalue weighted by Crippen LogP contribution is 2.38. The van der Waals surface area contributed by atoms with E-state index in [1.807, 2.05) is 24.3 Å². The standard InChI is InChI=1S/C15H21NO3S/c1-11-15(14(17)19-3,8-5-9-20-11)16-12-6-4-7-13(10-12)18-2/h4,6-7,10-11,16H,5,8-9H2,1-3H3. The van der Waals surface area contributed by atoms with Crippen molar-refractivity contribution in [3.63, 3.8) is 0 Å². The summed E-state index contributed by atoms with van der Waals surface area (Å²) in [6.07, 6.45) is 1.78. The average Bonchev–Trinajstić information content (AvgIpc) is 2.49. The van der Waals surface area contributed by atoms with Crippen molar-refractivity contribution in [1.29, 1.82) is 0 Å². The zero-order chi connectivity index (χ0) is 14.6. The molecule has 1 aromatic rings. The lowest BCUT2D eigenvalue weighted by Crippen LogP contribution is -2.55. The maximum atomic E-state index is 12.3. The van der Waals surface area contributed by atoms with Gasteiger partial charge < -0.3 is 14.8 Å². The van der Waals surface area contributed by atoms with Gasteiger partial charge in [-0.15, -0.1) is 0 Å². The molecule has 0 radical (unpaired) electrons. The molecule has 0 saturated carbocycles. The molecule has 1 fully saturated rings. The second-order valence-electron chi connectivity index (χ2n) is 4.94. The van der Waals surface area contributed by atoms with E-state index in [9.17, 15) is 4.79 Å². The normalized spacial score (nSPS) is 25.9. The fourth-order valence-electron chi connectivity index (χ4n) is 2.58. The van der Waals surface area contributed by atoms with E-state index in [0.717, 1.165) is 30.0 Å². The first-order valence-electron chi connectivity index (χ1n) is 6.74. The van der Waals surface area contributed by atoms with E-state index < -0.39 is 5.54 Å². The fraction of sp³-hybridized carbons (Fsp3) is 0.533. The number of ether oxygens (including phenoxy) is 2. The van der Waals surface area contributed by atoms with Crippen LogP contribution in [0.25, 0.3) is 0 Å². The van der Waals surface area contributed by atoms with Crippen LogP contribution in [0.15, 0.2) is 24.3 Å². The topological polar surface area (TPSA) is 47.6 Å². The van der Waals surface area contributed by atoms with Crippen LogP contribution in [0, 0.1) is 0 Å². The number of nitrogens with one attached hydrogen (secondary N) is 1. The minimum absolute atomic E-state index is 0.162. The van der Waals surface area contributed by atoms with Crippen LogP contribution in [0.5, 0.6) is 5.75 Å². The number of rotatable bonds is 4. The third-order valence-electron chi connectivity index (χ3n) is 3.76. The zero-order valence-corrected chi connectivity index (χ0v) is 13.0. The summed E-state index contributed by atoms with van der Waals surface area (Å²) in [5, 5.41) is 3.56. The molecule has 1 heterocycles. The zero-order valence-electron chi connectivity index (χ0n) is 12.1. The fourth-order valence-corrected chi connectivity index (χ4v) is 3.80. The molecule has 1 aliphatic rings. The number of anilines is 1. The van der Waals surface area contributed by atoms with Gasteiger partial charge in [0.05, 0.1) is 14.2 Å². The van der Waals surface area contributed by atoms with Crippen molar-refractivity contribution in [3.05, 3.63) is 24.3 Å². The summed E-state index contributed by atoms with van der Waals surface area (Å²) in [4.78, 5) is 12.3. The molecular formula is C15H21NO3S. The van der Waals surface area contributed by atoms with Crippen LogP contribution in [0.3, 0.4) is 0 Å². The van der Waals surface area contributed by atoms with E-state index in [-0.39, 0.29) is 11.2 Å². The lowest BCUT2D eigenvalue weighted by atomic mass is 9.89. The molecule has 1 aliphatic heterocycles. The second kappa shape index (κ2) is 6.39. The quantitative estimate of drug-likeness (QED) is 0.865. The Morgan fingerprint density at radius 3 is 2.90 bits per heavy atom. The van der Waals surface area contributed by atoms with E-state index in [4.69, 9.17) is 9.47 Å². The number of carbonyl (C=O) groups excluding carboxylic acids is 1. The lowest BCUT2D eigenvalue weighted by Gasteiger charge is -2.40. The number of esters is 1. The molecule has 1 aromatic carbocycles. The van der Waals surface area contributed by atoms with Crippen molar-refractivity contribution >= 4 is 23.4 Å². The van der Waals surface area contributed by atoms with Gasteiger partial charge >= 0.3 is 5.97 Å². The summed E-state index contributed by atoms with van der Waals surface area (Å²) in [5.74, 6) is 1.66. The van der Waals surface area contributed by atoms with E-state index in [1.165, 1.54) is 7.11 Å². The highest BCUT2D eigenvalue weighted by Gasteiger charge is 2.46. The Morgan fingerprint density at radius 1 is 1.45 bits per heavy atom. The minimum atomic E-state index is -0.663. The van der Waals surface area contributed by atoms with Crippen molar-refractivity contribution in [1.82, 2.24) is 0 Å². The number of thioether (sulfide) groups is 1. The Hall–Kier alpha value is -1.36. The van der Waals surface area contributed by atoms with Crippen LogP contribution >= 0.6 is 11.8 Å². The van der Waals surface area contributed by atoms with Crippen LogP contribution in [0.1, 0.15) is 19.8 Å². The minimum Gasteiger partial charge on any atom is -0.497 e. The molecule has 20 heavy (non-hydrogen) atoms. The lowest BCUT2D eigenvalue weighted by molar-refractivity contribution is -0.146. The molecular weight excluding hydrogens is 274 g/mol. The number of hydrogen-bond donors (Lipinski definition) is 1. The largest absolute Gasteiger partial charge is 0.497 e. The SMILES string of the molecule is COC(=O)C1(Nc2cccc(OC)c2)CCCSC1C. The summed E-state index contributed by atoms with van der Waals surface area (Å²) < 4.78 is 10.3. The second-order valence-corrected chi connectivity index (χ2v) is 6.39. The van der Waals surface area contributed by atoms with Gasteiger partial charge in [0.1, 0.15) is 11.3 Å². The molecule has 1 N–H and O–H groups in total. The van der Waals surface area contributed by atoms with Crippen molar-refractivity contribution < 1.29 is 14.3 Å². The summed E-state index contributed by atoms with van der Waals surface area (Å²) in [7, 11) is 3.08. The molecule has 2 atom stereocenters. The molecule has 110 valence electrons. The molecule has 5 heteroatoms. The van der Waals surface area contributed by atoms with Gasteiger partial charge in [0.25, 0.3) is 0 Å². The Balaban J connectivity index is 2.29.